The van der Waals surface area contributed by atoms with E-state index in [4.69, 9.17) is 0 Å². The Morgan fingerprint density at radius 1 is 1.13 bits per heavy atom. The van der Waals surface area contributed by atoms with Gasteiger partial charge < -0.3 is 20.2 Å². The van der Waals surface area contributed by atoms with Gasteiger partial charge in [-0.15, -0.1) is 13.2 Å². The van der Waals surface area contributed by atoms with Crippen LogP contribution in [0.25, 0.3) is 0 Å². The van der Waals surface area contributed by atoms with Gasteiger partial charge in [-0.25, -0.2) is 5.43 Å². The van der Waals surface area contributed by atoms with Crippen molar-refractivity contribution in [3.63, 3.8) is 0 Å². The molecule has 3 rings (SSSR count). The van der Waals surface area contributed by atoms with Crippen LogP contribution in [-0.2, 0) is 10.3 Å². The summed E-state index contributed by atoms with van der Waals surface area (Å²) in [6.45, 7) is 0.406. The minimum absolute atomic E-state index is 0.0116. The van der Waals surface area contributed by atoms with Crippen molar-refractivity contribution in [2.24, 2.45) is 5.92 Å². The number of benzene rings is 1. The molecule has 0 radical (unpaired) electrons. The van der Waals surface area contributed by atoms with Crippen molar-refractivity contribution in [3.05, 3.63) is 42.1 Å². The first-order valence-corrected chi connectivity index (χ1v) is 9.41. The number of amides is 1. The molecule has 6 nitrogen and oxygen atoms in total. The number of rotatable bonds is 4. The Hall–Kier alpha value is -2.47. The summed E-state index contributed by atoms with van der Waals surface area (Å²) < 4.78 is 80.0. The Bertz CT molecular complexity index is 830. The first-order valence-electron chi connectivity index (χ1n) is 9.41. The molecule has 2 aliphatic rings. The summed E-state index contributed by atoms with van der Waals surface area (Å²) in [6.07, 6.45) is -5.91. The maximum Gasteiger partial charge on any atom is 0.573 e. The lowest BCUT2D eigenvalue weighted by Gasteiger charge is -2.43. The Balaban J connectivity index is 1.74. The highest BCUT2D eigenvalue weighted by Gasteiger charge is 2.57. The van der Waals surface area contributed by atoms with Crippen LogP contribution >= 0.6 is 0 Å². The van der Waals surface area contributed by atoms with Crippen LogP contribution in [0.1, 0.15) is 25.3 Å². The van der Waals surface area contributed by atoms with Crippen LogP contribution in [0, 0.1) is 5.92 Å². The van der Waals surface area contributed by atoms with E-state index < -0.39 is 29.6 Å². The molecule has 0 aromatic heterocycles. The number of nitrogens with one attached hydrogen (secondary N) is 2. The van der Waals surface area contributed by atoms with E-state index in [1.807, 2.05) is 0 Å². The molecular formula is C19H21F6N3O3. The summed E-state index contributed by atoms with van der Waals surface area (Å²) in [4.78, 5) is 13.2. The number of hydrazine groups is 1. The lowest BCUT2D eigenvalue weighted by atomic mass is 9.74. The third kappa shape index (κ3) is 4.59. The summed E-state index contributed by atoms with van der Waals surface area (Å²) in [7, 11) is 0. The summed E-state index contributed by atoms with van der Waals surface area (Å²) in [5.74, 6) is -1.97. The van der Waals surface area contributed by atoms with E-state index in [9.17, 15) is 36.2 Å². The maximum atomic E-state index is 13.0. The lowest BCUT2D eigenvalue weighted by Crippen LogP contribution is -2.59. The van der Waals surface area contributed by atoms with Crippen LogP contribution in [0.4, 0.5) is 26.3 Å². The second-order valence-corrected chi connectivity index (χ2v) is 7.68. The molecule has 1 amide bonds. The molecule has 2 aliphatic heterocycles. The smallest absolute Gasteiger partial charge is 0.406 e. The van der Waals surface area contributed by atoms with Gasteiger partial charge >= 0.3 is 12.5 Å². The van der Waals surface area contributed by atoms with Crippen LogP contribution in [-0.4, -0.2) is 47.1 Å². The molecule has 12 heteroatoms. The van der Waals surface area contributed by atoms with Gasteiger partial charge in [-0.1, -0.05) is 12.1 Å². The molecule has 0 aliphatic carbocycles. The molecule has 0 bridgehead atoms. The van der Waals surface area contributed by atoms with Gasteiger partial charge in [0.15, 0.2) is 0 Å². The molecule has 2 atom stereocenters. The summed E-state index contributed by atoms with van der Waals surface area (Å²) in [5.41, 5.74) is 2.21. The van der Waals surface area contributed by atoms with Crippen molar-refractivity contribution < 1.29 is 41.0 Å². The van der Waals surface area contributed by atoms with Crippen molar-refractivity contribution >= 4 is 5.91 Å². The van der Waals surface area contributed by atoms with Gasteiger partial charge in [-0.05, 0) is 49.5 Å². The molecule has 1 saturated heterocycles. The maximum absolute atomic E-state index is 13.0. The van der Waals surface area contributed by atoms with Crippen LogP contribution in [0.5, 0.6) is 5.75 Å². The fourth-order valence-corrected chi connectivity index (χ4v) is 3.92. The van der Waals surface area contributed by atoms with Crippen LogP contribution < -0.4 is 15.6 Å². The predicted octanol–water partition coefficient (Wildman–Crippen LogP) is 2.95. The second-order valence-electron chi connectivity index (χ2n) is 7.68. The molecule has 3 N–H and O–H groups in total. The Kier molecular flexibility index (Phi) is 5.91. The molecule has 31 heavy (non-hydrogen) atoms. The fraction of sp³-hybridized carbons (Fsp3) is 0.526. The fourth-order valence-electron chi connectivity index (χ4n) is 3.92. The third-order valence-corrected chi connectivity index (χ3v) is 5.67. The molecule has 0 spiro atoms. The quantitative estimate of drug-likeness (QED) is 0.612. The van der Waals surface area contributed by atoms with Gasteiger partial charge in [-0.3, -0.25) is 4.79 Å². The summed E-state index contributed by atoms with van der Waals surface area (Å²) in [6, 6.07) is 5.30. The zero-order valence-electron chi connectivity index (χ0n) is 16.3. The monoisotopic (exact) mass is 453 g/mol. The normalized spacial score (nSPS) is 24.6. The molecule has 172 valence electrons. The molecule has 2 heterocycles. The molecule has 1 aromatic carbocycles. The molecule has 1 fully saturated rings. The molecule has 1 unspecified atom stereocenters. The largest absolute Gasteiger partial charge is 0.573 e. The number of hydrogen-bond acceptors (Lipinski definition) is 5. The zero-order chi connectivity index (χ0) is 23.1. The van der Waals surface area contributed by atoms with E-state index in [0.717, 1.165) is 4.90 Å². The number of aliphatic hydroxyl groups is 1. The van der Waals surface area contributed by atoms with E-state index in [0.29, 0.717) is 25.3 Å². The number of carbonyl (C=O) groups excluding carboxylic acids is 1. The van der Waals surface area contributed by atoms with E-state index in [1.54, 1.807) is 12.3 Å². The van der Waals surface area contributed by atoms with Crippen molar-refractivity contribution in [2.45, 2.75) is 43.4 Å². The number of halogens is 6. The van der Waals surface area contributed by atoms with Crippen LogP contribution in [0.3, 0.4) is 0 Å². The number of hydrogen-bond donors (Lipinski definition) is 3. The predicted molar refractivity (Wildman–Crippen MR) is 96.2 cm³/mol. The van der Waals surface area contributed by atoms with Gasteiger partial charge in [-0.2, -0.15) is 13.2 Å². The second kappa shape index (κ2) is 7.90. The van der Waals surface area contributed by atoms with Crippen LogP contribution in [0.2, 0.25) is 0 Å². The van der Waals surface area contributed by atoms with Gasteiger partial charge in [0, 0.05) is 19.3 Å². The summed E-state index contributed by atoms with van der Waals surface area (Å²) >= 11 is 0. The molecule has 1 aromatic rings. The standard InChI is InChI=1S/C19H21F6N3O3/c1-16(30,18(20,21)22)15(29)28-10-6-13(7-11-28)17(8-9-26-27-17)12-2-4-14(5-3-12)31-19(23,24)25/h2-5,8-9,13,26-27,30H,6-7,10-11H2,1H3/t16-,17?/m1/s1. The topological polar surface area (TPSA) is 73.8 Å². The Morgan fingerprint density at radius 3 is 2.16 bits per heavy atom. The van der Waals surface area contributed by atoms with Crippen molar-refractivity contribution in [2.75, 3.05) is 13.1 Å². The Labute approximate surface area is 173 Å². The van der Waals surface area contributed by atoms with E-state index in [1.165, 1.54) is 24.3 Å². The lowest BCUT2D eigenvalue weighted by molar-refractivity contribution is -0.274. The van der Waals surface area contributed by atoms with Crippen molar-refractivity contribution in [1.82, 2.24) is 15.8 Å². The van der Waals surface area contributed by atoms with Crippen LogP contribution in [0.15, 0.2) is 36.5 Å². The van der Waals surface area contributed by atoms with Gasteiger partial charge in [0.1, 0.15) is 5.75 Å². The van der Waals surface area contributed by atoms with E-state index in [2.05, 4.69) is 15.6 Å². The molecule has 0 saturated carbocycles. The average molecular weight is 453 g/mol. The van der Waals surface area contributed by atoms with E-state index >= 15 is 0 Å². The Morgan fingerprint density at radius 2 is 1.71 bits per heavy atom. The minimum atomic E-state index is -5.10. The number of likely N-dealkylation sites (tertiary alicyclic amines) is 1. The number of piperidine rings is 1. The average Bonchev–Trinajstić information content (AvgIpc) is 3.17. The minimum Gasteiger partial charge on any atom is -0.406 e. The number of ether oxygens (including phenoxy) is 1. The highest BCUT2D eigenvalue weighted by atomic mass is 19.4. The molecular weight excluding hydrogens is 432 g/mol. The third-order valence-electron chi connectivity index (χ3n) is 5.67. The zero-order valence-corrected chi connectivity index (χ0v) is 16.3. The highest BCUT2D eigenvalue weighted by molar-refractivity contribution is 5.85. The van der Waals surface area contributed by atoms with Gasteiger partial charge in [0.25, 0.3) is 5.91 Å². The number of carbonyl (C=O) groups is 1. The first kappa shape index (κ1) is 23.2. The number of alkyl halides is 6. The van der Waals surface area contributed by atoms with Crippen molar-refractivity contribution in [1.29, 1.82) is 0 Å². The van der Waals surface area contributed by atoms with Gasteiger partial charge in [0.2, 0.25) is 5.60 Å². The van der Waals surface area contributed by atoms with Gasteiger partial charge in [0.05, 0.1) is 5.54 Å². The number of nitrogens with zero attached hydrogens (tertiary/aromatic N) is 1. The SMILES string of the molecule is C[C@@](O)(C(=O)N1CCC(C2(c3ccc(OC(F)(F)F)cc3)C=CNN2)CC1)C(F)(F)F. The van der Waals surface area contributed by atoms with Crippen molar-refractivity contribution in [3.8, 4) is 5.75 Å². The highest BCUT2D eigenvalue weighted by Crippen LogP contribution is 2.41. The first-order chi connectivity index (χ1) is 14.3. The van der Waals surface area contributed by atoms with E-state index in [-0.39, 0.29) is 24.8 Å². The summed E-state index contributed by atoms with van der Waals surface area (Å²) in [5, 5.41) is 9.64.